The third kappa shape index (κ3) is 7.45. The van der Waals surface area contributed by atoms with Gasteiger partial charge in [0.25, 0.3) is 11.8 Å². The monoisotopic (exact) mass is 623 g/mol. The maximum atomic E-state index is 12.4. The molecule has 0 spiro atoms. The number of carbonyl (C=O) groups is 2. The van der Waals surface area contributed by atoms with Crippen LogP contribution in [0.25, 0.3) is 0 Å². The van der Waals surface area contributed by atoms with E-state index in [0.29, 0.717) is 48.0 Å². The fraction of sp³-hybridized carbons (Fsp3) is 0.125. The summed E-state index contributed by atoms with van der Waals surface area (Å²) in [5.41, 5.74) is 4.12. The number of amides is 2. The van der Waals surface area contributed by atoms with E-state index in [2.05, 4.69) is 47.7 Å². The molecule has 2 N–H and O–H groups in total. The number of nitrogens with one attached hydrogen (secondary N) is 2. The second kappa shape index (κ2) is 12.6. The summed E-state index contributed by atoms with van der Waals surface area (Å²) in [6.45, 7) is -0.200. The quantitative estimate of drug-likeness (QED) is 0.236. The summed E-state index contributed by atoms with van der Waals surface area (Å²) in [6, 6.07) is 15.0. The van der Waals surface area contributed by atoms with E-state index in [4.69, 9.17) is 25.8 Å². The molecule has 0 fully saturated rings. The van der Waals surface area contributed by atoms with Crippen molar-refractivity contribution in [1.82, 2.24) is 5.43 Å². The molecule has 11 heteroatoms. The average Bonchev–Trinajstić information content (AvgIpc) is 2.84. The van der Waals surface area contributed by atoms with Crippen LogP contribution in [0.2, 0.25) is 5.02 Å². The first-order chi connectivity index (χ1) is 16.8. The van der Waals surface area contributed by atoms with Gasteiger partial charge in [0.15, 0.2) is 18.1 Å². The smallest absolute Gasteiger partial charge is 0.271 e. The Hall–Kier alpha value is -3.08. The molecule has 0 aliphatic heterocycles. The number of nitrogens with zero attached hydrogens (tertiary/aromatic N) is 1. The molecule has 8 nitrogen and oxygen atoms in total. The largest absolute Gasteiger partial charge is 0.493 e. The Bertz CT molecular complexity index is 1230. The van der Waals surface area contributed by atoms with Gasteiger partial charge in [-0.05, 0) is 92.0 Å². The summed E-state index contributed by atoms with van der Waals surface area (Å²) in [5, 5.41) is 7.31. The highest BCUT2D eigenvalue weighted by atomic mass is 79.9. The van der Waals surface area contributed by atoms with Crippen LogP contribution in [0.3, 0.4) is 0 Å². The van der Waals surface area contributed by atoms with E-state index >= 15 is 0 Å². The Balaban J connectivity index is 1.59. The third-order valence-electron chi connectivity index (χ3n) is 4.52. The van der Waals surface area contributed by atoms with Crippen LogP contribution >= 0.6 is 43.5 Å². The SMILES string of the molecule is COc1ccc(C(=O)N/N=C/c2cc(Br)c(OCC(=O)Nc3ccc(Cl)cc3)c(Br)c2)cc1OC. The fourth-order valence-corrected chi connectivity index (χ4v) is 4.44. The molecular formula is C24H20Br2ClN3O5. The van der Waals surface area contributed by atoms with Crippen LogP contribution in [0.1, 0.15) is 15.9 Å². The van der Waals surface area contributed by atoms with Crippen molar-refractivity contribution in [2.75, 3.05) is 26.1 Å². The molecule has 0 atom stereocenters. The predicted molar refractivity (Wildman–Crippen MR) is 142 cm³/mol. The van der Waals surface area contributed by atoms with Crippen LogP contribution in [-0.4, -0.2) is 38.9 Å². The lowest BCUT2D eigenvalue weighted by Crippen LogP contribution is -2.20. The minimum Gasteiger partial charge on any atom is -0.493 e. The zero-order valence-corrected chi connectivity index (χ0v) is 22.5. The minimum absolute atomic E-state index is 0.200. The summed E-state index contributed by atoms with van der Waals surface area (Å²) in [7, 11) is 3.01. The Morgan fingerprint density at radius 1 is 0.971 bits per heavy atom. The van der Waals surface area contributed by atoms with E-state index in [-0.39, 0.29) is 12.5 Å². The van der Waals surface area contributed by atoms with Crippen LogP contribution in [0.5, 0.6) is 17.2 Å². The van der Waals surface area contributed by atoms with Gasteiger partial charge in [-0.15, -0.1) is 0 Å². The Labute approximate surface area is 223 Å². The highest BCUT2D eigenvalue weighted by molar-refractivity contribution is 9.11. The van der Waals surface area contributed by atoms with Crippen LogP contribution in [0.4, 0.5) is 5.69 Å². The summed E-state index contributed by atoms with van der Waals surface area (Å²) in [5.74, 6) is 0.672. The number of hydrogen-bond acceptors (Lipinski definition) is 6. The van der Waals surface area contributed by atoms with E-state index in [0.717, 1.165) is 0 Å². The van der Waals surface area contributed by atoms with E-state index < -0.39 is 5.91 Å². The van der Waals surface area contributed by atoms with Gasteiger partial charge in [-0.2, -0.15) is 5.10 Å². The van der Waals surface area contributed by atoms with Crippen LogP contribution in [-0.2, 0) is 4.79 Å². The highest BCUT2D eigenvalue weighted by Crippen LogP contribution is 2.34. The van der Waals surface area contributed by atoms with Crippen LogP contribution < -0.4 is 25.0 Å². The molecule has 0 aliphatic carbocycles. The van der Waals surface area contributed by atoms with Gasteiger partial charge < -0.3 is 19.5 Å². The van der Waals surface area contributed by atoms with Crippen molar-refractivity contribution in [3.63, 3.8) is 0 Å². The third-order valence-corrected chi connectivity index (χ3v) is 5.95. The molecular weight excluding hydrogens is 606 g/mol. The van der Waals surface area contributed by atoms with E-state index in [1.165, 1.54) is 20.4 Å². The first-order valence-electron chi connectivity index (χ1n) is 10.0. The molecule has 35 heavy (non-hydrogen) atoms. The summed E-state index contributed by atoms with van der Waals surface area (Å²) < 4.78 is 17.2. The topological polar surface area (TPSA) is 98.3 Å². The van der Waals surface area contributed by atoms with E-state index in [1.807, 2.05) is 0 Å². The average molecular weight is 626 g/mol. The van der Waals surface area contributed by atoms with Gasteiger partial charge in [0.05, 0.1) is 29.4 Å². The number of methoxy groups -OCH3 is 2. The first-order valence-corrected chi connectivity index (χ1v) is 12.0. The Morgan fingerprint density at radius 3 is 2.26 bits per heavy atom. The highest BCUT2D eigenvalue weighted by Gasteiger charge is 2.12. The van der Waals surface area contributed by atoms with Gasteiger partial charge in [0.1, 0.15) is 5.75 Å². The maximum Gasteiger partial charge on any atom is 0.271 e. The van der Waals surface area contributed by atoms with Gasteiger partial charge in [0.2, 0.25) is 0 Å². The van der Waals surface area contributed by atoms with Crippen molar-refractivity contribution in [2.45, 2.75) is 0 Å². The zero-order valence-electron chi connectivity index (χ0n) is 18.6. The Morgan fingerprint density at radius 2 is 1.63 bits per heavy atom. The molecule has 2 amide bonds. The molecule has 0 saturated heterocycles. The molecule has 182 valence electrons. The fourth-order valence-electron chi connectivity index (χ4n) is 2.87. The van der Waals surface area contributed by atoms with Crippen LogP contribution in [0.15, 0.2) is 68.6 Å². The van der Waals surface area contributed by atoms with Gasteiger partial charge >= 0.3 is 0 Å². The van der Waals surface area contributed by atoms with Gasteiger partial charge in [-0.3, -0.25) is 9.59 Å². The first kappa shape index (κ1) is 26.5. The molecule has 0 aliphatic rings. The molecule has 0 radical (unpaired) electrons. The molecule has 3 aromatic rings. The van der Waals surface area contributed by atoms with Crippen molar-refractivity contribution >= 4 is 67.2 Å². The number of carbonyl (C=O) groups excluding carboxylic acids is 2. The Kier molecular flexibility index (Phi) is 9.53. The second-order valence-corrected chi connectivity index (χ2v) is 9.07. The van der Waals surface area contributed by atoms with Crippen molar-refractivity contribution in [1.29, 1.82) is 0 Å². The van der Waals surface area contributed by atoms with E-state index in [9.17, 15) is 9.59 Å². The number of benzene rings is 3. The number of halogens is 3. The normalized spacial score (nSPS) is 10.7. The molecule has 0 heterocycles. The van der Waals surface area contributed by atoms with Gasteiger partial charge in [-0.25, -0.2) is 5.43 Å². The lowest BCUT2D eigenvalue weighted by atomic mass is 10.2. The number of ether oxygens (including phenoxy) is 3. The summed E-state index contributed by atoms with van der Waals surface area (Å²) >= 11 is 12.7. The maximum absolute atomic E-state index is 12.4. The predicted octanol–water partition coefficient (Wildman–Crippen LogP) is 5.66. The summed E-state index contributed by atoms with van der Waals surface area (Å²) in [6.07, 6.45) is 1.48. The number of hydrazone groups is 1. The zero-order chi connectivity index (χ0) is 25.4. The molecule has 0 aromatic heterocycles. The molecule has 3 rings (SSSR count). The van der Waals surface area contributed by atoms with Gasteiger partial charge in [-0.1, -0.05) is 11.6 Å². The van der Waals surface area contributed by atoms with E-state index in [1.54, 1.807) is 54.6 Å². The van der Waals surface area contributed by atoms with Crippen LogP contribution in [0, 0.1) is 0 Å². The van der Waals surface area contributed by atoms with Crippen molar-refractivity contribution < 1.29 is 23.8 Å². The molecule has 0 unspecified atom stereocenters. The standard InChI is InChI=1S/C24H20Br2ClN3O5/c1-33-20-8-3-15(11-21(20)34-2)24(32)30-28-12-14-9-18(25)23(19(26)10-14)35-13-22(31)29-17-6-4-16(27)5-7-17/h3-12H,13H2,1-2H3,(H,29,31)(H,30,32)/b28-12+. The minimum atomic E-state index is -0.410. The van der Waals surface area contributed by atoms with Crippen molar-refractivity contribution in [3.8, 4) is 17.2 Å². The second-order valence-electron chi connectivity index (χ2n) is 6.93. The lowest BCUT2D eigenvalue weighted by Gasteiger charge is -2.11. The number of hydrogen-bond donors (Lipinski definition) is 2. The molecule has 0 saturated carbocycles. The number of rotatable bonds is 9. The molecule has 0 bridgehead atoms. The van der Waals surface area contributed by atoms with Crippen molar-refractivity contribution in [2.24, 2.45) is 5.10 Å². The lowest BCUT2D eigenvalue weighted by molar-refractivity contribution is -0.118. The van der Waals surface area contributed by atoms with Gasteiger partial charge in [0, 0.05) is 16.3 Å². The summed E-state index contributed by atoms with van der Waals surface area (Å²) in [4.78, 5) is 24.6. The molecule has 3 aromatic carbocycles. The number of anilines is 1. The van der Waals surface area contributed by atoms with Crippen molar-refractivity contribution in [3.05, 3.63) is 79.7 Å².